The Hall–Kier alpha value is -2.84. The molecule has 5 N–H and O–H groups in total. The number of amides is 2. The summed E-state index contributed by atoms with van der Waals surface area (Å²) in [4.78, 5) is 37.3. The Morgan fingerprint density at radius 2 is 1.35 bits per heavy atom. The van der Waals surface area contributed by atoms with Crippen molar-refractivity contribution in [3.8, 4) is 0 Å². The van der Waals surface area contributed by atoms with Crippen LogP contribution < -0.4 is 16.4 Å². The van der Waals surface area contributed by atoms with Gasteiger partial charge in [0.15, 0.2) is 0 Å². The molecule has 31 heavy (non-hydrogen) atoms. The number of aliphatic carboxylic acids is 1. The van der Waals surface area contributed by atoms with Gasteiger partial charge in [-0.15, -0.1) is 0 Å². The third-order valence-electron chi connectivity index (χ3n) is 4.78. The van der Waals surface area contributed by atoms with E-state index in [0.717, 1.165) is 16.9 Å². The molecule has 0 aromatic heterocycles. The van der Waals surface area contributed by atoms with Crippen molar-refractivity contribution in [3.63, 3.8) is 0 Å². The van der Waals surface area contributed by atoms with E-state index >= 15 is 0 Å². The summed E-state index contributed by atoms with van der Waals surface area (Å²) in [6, 6.07) is 15.5. The highest BCUT2D eigenvalue weighted by Crippen LogP contribution is 2.08. The lowest BCUT2D eigenvalue weighted by molar-refractivity contribution is -0.142. The first-order valence-electron chi connectivity index (χ1n) is 10.1. The van der Waals surface area contributed by atoms with Crippen molar-refractivity contribution < 1.29 is 19.5 Å². The minimum Gasteiger partial charge on any atom is -0.480 e. The van der Waals surface area contributed by atoms with Gasteiger partial charge in [-0.3, -0.25) is 9.59 Å². The lowest BCUT2D eigenvalue weighted by atomic mass is 10.0. The van der Waals surface area contributed by atoms with Gasteiger partial charge in [0.05, 0.1) is 6.04 Å². The lowest BCUT2D eigenvalue weighted by Gasteiger charge is -2.23. The molecule has 3 unspecified atom stereocenters. The summed E-state index contributed by atoms with van der Waals surface area (Å²) < 4.78 is 0. The van der Waals surface area contributed by atoms with Crippen LogP contribution in [0, 0.1) is 0 Å². The van der Waals surface area contributed by atoms with Crippen LogP contribution in [-0.4, -0.2) is 53.0 Å². The average Bonchev–Trinajstić information content (AvgIpc) is 2.77. The fraction of sp³-hybridized carbons (Fsp3) is 0.348. The minimum atomic E-state index is -1.14. The molecule has 0 saturated carbocycles. The number of rotatable bonds is 12. The van der Waals surface area contributed by atoms with Crippen LogP contribution in [0.15, 0.2) is 60.7 Å². The Labute approximate surface area is 186 Å². The van der Waals surface area contributed by atoms with Crippen LogP contribution >= 0.6 is 11.8 Å². The van der Waals surface area contributed by atoms with Crippen molar-refractivity contribution in [1.29, 1.82) is 0 Å². The van der Waals surface area contributed by atoms with Crippen molar-refractivity contribution in [2.45, 2.75) is 37.4 Å². The van der Waals surface area contributed by atoms with Crippen LogP contribution in [0.3, 0.4) is 0 Å². The highest BCUT2D eigenvalue weighted by atomic mass is 32.2. The molecule has 8 heteroatoms. The first kappa shape index (κ1) is 24.4. The number of carboxylic acid groups (broad SMARTS) is 1. The number of benzene rings is 2. The maximum absolute atomic E-state index is 13.0. The predicted molar refractivity (Wildman–Crippen MR) is 123 cm³/mol. The molecule has 0 aliphatic carbocycles. The quantitative estimate of drug-likeness (QED) is 0.395. The van der Waals surface area contributed by atoms with Crippen molar-refractivity contribution in [2.24, 2.45) is 5.73 Å². The van der Waals surface area contributed by atoms with Gasteiger partial charge >= 0.3 is 5.97 Å². The van der Waals surface area contributed by atoms with E-state index in [-0.39, 0.29) is 12.8 Å². The summed E-state index contributed by atoms with van der Waals surface area (Å²) in [6.07, 6.45) is 2.78. The Morgan fingerprint density at radius 3 is 1.84 bits per heavy atom. The zero-order valence-corrected chi connectivity index (χ0v) is 18.3. The van der Waals surface area contributed by atoms with E-state index < -0.39 is 35.9 Å². The number of nitrogens with two attached hydrogens (primary N) is 1. The second-order valence-corrected chi connectivity index (χ2v) is 8.21. The summed E-state index contributed by atoms with van der Waals surface area (Å²) >= 11 is 1.58. The number of carbonyl (C=O) groups excluding carboxylic acids is 2. The molecule has 166 valence electrons. The molecular weight excluding hydrogens is 414 g/mol. The Morgan fingerprint density at radius 1 is 0.871 bits per heavy atom. The van der Waals surface area contributed by atoms with Crippen molar-refractivity contribution in [1.82, 2.24) is 10.6 Å². The molecule has 0 saturated heterocycles. The van der Waals surface area contributed by atoms with Gasteiger partial charge in [-0.1, -0.05) is 60.7 Å². The van der Waals surface area contributed by atoms with Crippen molar-refractivity contribution in [2.75, 3.05) is 12.0 Å². The molecule has 7 nitrogen and oxygen atoms in total. The van der Waals surface area contributed by atoms with Crippen molar-refractivity contribution in [3.05, 3.63) is 71.8 Å². The SMILES string of the molecule is CSCCC(N)C(=O)NC(Cc1ccccc1)C(=O)NC(Cc1ccccc1)C(=O)O. The lowest BCUT2D eigenvalue weighted by Crippen LogP contribution is -2.55. The normalized spacial score (nSPS) is 13.6. The molecule has 2 amide bonds. The van der Waals surface area contributed by atoms with E-state index in [4.69, 9.17) is 5.73 Å². The van der Waals surface area contributed by atoms with E-state index in [2.05, 4.69) is 10.6 Å². The first-order chi connectivity index (χ1) is 14.9. The molecule has 0 radical (unpaired) electrons. The van der Waals surface area contributed by atoms with Gasteiger partial charge in [0, 0.05) is 12.8 Å². The second kappa shape index (κ2) is 12.8. The van der Waals surface area contributed by atoms with Gasteiger partial charge in [0.1, 0.15) is 12.1 Å². The van der Waals surface area contributed by atoms with Crippen LogP contribution in [0.1, 0.15) is 17.5 Å². The van der Waals surface area contributed by atoms with E-state index in [1.54, 1.807) is 23.9 Å². The largest absolute Gasteiger partial charge is 0.480 e. The standard InChI is InChI=1S/C23H29N3O4S/c1-31-13-12-18(24)21(27)25-19(14-16-8-4-2-5-9-16)22(28)26-20(23(29)30)15-17-10-6-3-7-11-17/h2-11,18-20H,12-15,24H2,1H3,(H,25,27)(H,26,28)(H,29,30). The van der Waals surface area contributed by atoms with Crippen LogP contribution in [0.4, 0.5) is 0 Å². The maximum atomic E-state index is 13.0. The highest BCUT2D eigenvalue weighted by molar-refractivity contribution is 7.98. The number of carboxylic acids is 1. The van der Waals surface area contributed by atoms with Gasteiger partial charge in [-0.25, -0.2) is 4.79 Å². The summed E-state index contributed by atoms with van der Waals surface area (Å²) in [7, 11) is 0. The highest BCUT2D eigenvalue weighted by Gasteiger charge is 2.28. The molecule has 0 heterocycles. The van der Waals surface area contributed by atoms with Crippen molar-refractivity contribution >= 4 is 29.5 Å². The van der Waals surface area contributed by atoms with E-state index in [1.807, 2.05) is 54.8 Å². The molecule has 2 aromatic carbocycles. The molecule has 0 aliphatic heterocycles. The fourth-order valence-electron chi connectivity index (χ4n) is 3.04. The third kappa shape index (κ3) is 8.43. The van der Waals surface area contributed by atoms with Crippen LogP contribution in [-0.2, 0) is 27.2 Å². The number of hydrogen-bond donors (Lipinski definition) is 4. The number of thioether (sulfide) groups is 1. The zero-order chi connectivity index (χ0) is 22.6. The summed E-state index contributed by atoms with van der Waals surface area (Å²) in [5.41, 5.74) is 7.58. The molecular formula is C23H29N3O4S. The second-order valence-electron chi connectivity index (χ2n) is 7.23. The first-order valence-corrected chi connectivity index (χ1v) is 11.5. The predicted octanol–water partition coefficient (Wildman–Crippen LogP) is 1.61. The Balaban J connectivity index is 2.13. The van der Waals surface area contributed by atoms with Crippen LogP contribution in [0.25, 0.3) is 0 Å². The number of hydrogen-bond acceptors (Lipinski definition) is 5. The monoisotopic (exact) mass is 443 g/mol. The van der Waals surface area contributed by atoms with E-state index in [0.29, 0.717) is 6.42 Å². The summed E-state index contributed by atoms with van der Waals surface area (Å²) in [5.74, 6) is -1.40. The molecule has 3 atom stereocenters. The van der Waals surface area contributed by atoms with Gasteiger partial charge < -0.3 is 21.5 Å². The maximum Gasteiger partial charge on any atom is 0.326 e. The fourth-order valence-corrected chi connectivity index (χ4v) is 3.53. The zero-order valence-electron chi connectivity index (χ0n) is 17.5. The van der Waals surface area contributed by atoms with Gasteiger partial charge in [-0.2, -0.15) is 11.8 Å². The summed E-state index contributed by atoms with van der Waals surface area (Å²) in [6.45, 7) is 0. The third-order valence-corrected chi connectivity index (χ3v) is 5.43. The van der Waals surface area contributed by atoms with E-state index in [1.165, 1.54) is 0 Å². The molecule has 2 rings (SSSR count). The molecule has 0 fully saturated rings. The molecule has 0 bridgehead atoms. The smallest absolute Gasteiger partial charge is 0.326 e. The average molecular weight is 444 g/mol. The molecule has 0 spiro atoms. The Kier molecular flexibility index (Phi) is 10.1. The minimum absolute atomic E-state index is 0.140. The van der Waals surface area contributed by atoms with Gasteiger partial charge in [0.2, 0.25) is 11.8 Å². The van der Waals surface area contributed by atoms with Gasteiger partial charge in [0.25, 0.3) is 0 Å². The van der Waals surface area contributed by atoms with Crippen LogP contribution in [0.2, 0.25) is 0 Å². The molecule has 2 aromatic rings. The van der Waals surface area contributed by atoms with E-state index in [9.17, 15) is 19.5 Å². The van der Waals surface area contributed by atoms with Gasteiger partial charge in [-0.05, 0) is 29.6 Å². The topological polar surface area (TPSA) is 122 Å². The van der Waals surface area contributed by atoms with Crippen LogP contribution in [0.5, 0.6) is 0 Å². The number of carbonyl (C=O) groups is 3. The number of nitrogens with one attached hydrogen (secondary N) is 2. The Bertz CT molecular complexity index is 848. The summed E-state index contributed by atoms with van der Waals surface area (Å²) in [5, 5.41) is 14.9. The molecule has 0 aliphatic rings.